The van der Waals surface area contributed by atoms with Crippen LogP contribution < -0.4 is 4.74 Å². The minimum atomic E-state index is -0.561. The third kappa shape index (κ3) is 4.26. The Balaban J connectivity index is 2.02. The topological polar surface area (TPSA) is 65.1 Å². The maximum absolute atomic E-state index is 12.6. The summed E-state index contributed by atoms with van der Waals surface area (Å²) in [6, 6.07) is 7.13. The molecule has 24 heavy (non-hydrogen) atoms. The lowest BCUT2D eigenvalue weighted by Crippen LogP contribution is -2.41. The number of rotatable bonds is 7. The summed E-state index contributed by atoms with van der Waals surface area (Å²) in [6.45, 7) is 2.93. The number of methoxy groups -OCH3 is 2. The minimum Gasteiger partial charge on any atom is -0.494 e. The van der Waals surface area contributed by atoms with Crippen molar-refractivity contribution in [3.05, 3.63) is 29.8 Å². The largest absolute Gasteiger partial charge is 0.494 e. The van der Waals surface area contributed by atoms with E-state index in [1.54, 1.807) is 12.0 Å². The van der Waals surface area contributed by atoms with E-state index in [2.05, 4.69) is 0 Å². The highest BCUT2D eigenvalue weighted by molar-refractivity contribution is 5.85. The van der Waals surface area contributed by atoms with E-state index >= 15 is 0 Å². The molecule has 1 aliphatic rings. The summed E-state index contributed by atoms with van der Waals surface area (Å²) in [7, 11) is 2.93. The monoisotopic (exact) mass is 335 g/mol. The lowest BCUT2D eigenvalue weighted by atomic mass is 10.1. The lowest BCUT2D eigenvalue weighted by Gasteiger charge is -2.22. The third-order valence-corrected chi connectivity index (χ3v) is 4.27. The predicted octanol–water partition coefficient (Wildman–Crippen LogP) is 1.81. The second-order valence-corrected chi connectivity index (χ2v) is 5.72. The van der Waals surface area contributed by atoms with Crippen molar-refractivity contribution < 1.29 is 23.8 Å². The fraction of sp³-hybridized carbons (Fsp3) is 0.556. The molecule has 0 aliphatic carbocycles. The first-order valence-electron chi connectivity index (χ1n) is 8.21. The number of carbonyl (C=O) groups is 2. The van der Waals surface area contributed by atoms with Gasteiger partial charge in [0.25, 0.3) is 0 Å². The second-order valence-electron chi connectivity index (χ2n) is 5.72. The van der Waals surface area contributed by atoms with Gasteiger partial charge >= 0.3 is 5.97 Å². The Hall–Kier alpha value is -2.08. The summed E-state index contributed by atoms with van der Waals surface area (Å²) in [5, 5.41) is 0. The molecule has 6 nitrogen and oxygen atoms in total. The van der Waals surface area contributed by atoms with Gasteiger partial charge in [-0.25, -0.2) is 4.79 Å². The van der Waals surface area contributed by atoms with E-state index < -0.39 is 12.0 Å². The Morgan fingerprint density at radius 2 is 2.00 bits per heavy atom. The van der Waals surface area contributed by atoms with Crippen LogP contribution in [0, 0.1) is 0 Å². The smallest absolute Gasteiger partial charge is 0.328 e. The number of esters is 1. The SMILES string of the molecule is CCOc1ccccc1CCC(=O)N1C[C@@H](OC)C[C@@H]1C(=O)OC. The van der Waals surface area contributed by atoms with Crippen LogP contribution in [0.4, 0.5) is 0 Å². The van der Waals surface area contributed by atoms with Gasteiger partial charge in [-0.05, 0) is 25.0 Å². The van der Waals surface area contributed by atoms with E-state index in [0.29, 0.717) is 32.4 Å². The fourth-order valence-electron chi connectivity index (χ4n) is 3.00. The minimum absolute atomic E-state index is 0.0729. The summed E-state index contributed by atoms with van der Waals surface area (Å²) in [6.07, 6.45) is 1.23. The predicted molar refractivity (Wildman–Crippen MR) is 88.9 cm³/mol. The van der Waals surface area contributed by atoms with Gasteiger partial charge < -0.3 is 19.1 Å². The summed E-state index contributed by atoms with van der Waals surface area (Å²) in [5.74, 6) is 0.336. The molecule has 1 amide bonds. The van der Waals surface area contributed by atoms with Gasteiger partial charge in [-0.2, -0.15) is 0 Å². The highest BCUT2D eigenvalue weighted by Gasteiger charge is 2.40. The highest BCUT2D eigenvalue weighted by atomic mass is 16.5. The van der Waals surface area contributed by atoms with E-state index in [-0.39, 0.29) is 12.0 Å². The first-order chi connectivity index (χ1) is 11.6. The molecule has 1 aromatic rings. The summed E-state index contributed by atoms with van der Waals surface area (Å²) >= 11 is 0. The molecule has 132 valence electrons. The van der Waals surface area contributed by atoms with E-state index in [0.717, 1.165) is 11.3 Å². The van der Waals surface area contributed by atoms with Crippen LogP contribution >= 0.6 is 0 Å². The summed E-state index contributed by atoms with van der Waals surface area (Å²) in [4.78, 5) is 26.1. The highest BCUT2D eigenvalue weighted by Crippen LogP contribution is 2.24. The average molecular weight is 335 g/mol. The quantitative estimate of drug-likeness (QED) is 0.711. The number of ether oxygens (including phenoxy) is 3. The maximum Gasteiger partial charge on any atom is 0.328 e. The Morgan fingerprint density at radius 3 is 2.67 bits per heavy atom. The van der Waals surface area contributed by atoms with Crippen LogP contribution in [-0.2, 0) is 25.5 Å². The van der Waals surface area contributed by atoms with Crippen molar-refractivity contribution in [3.8, 4) is 5.75 Å². The van der Waals surface area contributed by atoms with E-state index in [1.165, 1.54) is 7.11 Å². The summed E-state index contributed by atoms with van der Waals surface area (Å²) in [5.41, 5.74) is 0.991. The fourth-order valence-corrected chi connectivity index (χ4v) is 3.00. The number of hydrogen-bond acceptors (Lipinski definition) is 5. The number of amides is 1. The molecular weight excluding hydrogens is 310 g/mol. The van der Waals surface area contributed by atoms with E-state index in [4.69, 9.17) is 14.2 Å². The van der Waals surface area contributed by atoms with Gasteiger partial charge in [0.15, 0.2) is 0 Å². The van der Waals surface area contributed by atoms with Crippen LogP contribution in [0.3, 0.4) is 0 Å². The van der Waals surface area contributed by atoms with Crippen molar-refractivity contribution in [2.75, 3.05) is 27.4 Å². The zero-order valence-electron chi connectivity index (χ0n) is 14.5. The van der Waals surface area contributed by atoms with Gasteiger partial charge in [-0.1, -0.05) is 18.2 Å². The zero-order chi connectivity index (χ0) is 17.5. The molecule has 1 saturated heterocycles. The molecule has 0 aromatic heterocycles. The standard InChI is InChI=1S/C18H25NO5/c1-4-24-16-8-6-5-7-13(16)9-10-17(20)19-12-14(22-2)11-15(19)18(21)23-3/h5-8,14-15H,4,9-12H2,1-3H3/t14-,15+/m0/s1. The molecule has 0 spiro atoms. The van der Waals surface area contributed by atoms with Crippen LogP contribution in [0.2, 0.25) is 0 Å². The van der Waals surface area contributed by atoms with Crippen LogP contribution in [0.5, 0.6) is 5.75 Å². The van der Waals surface area contributed by atoms with Gasteiger partial charge in [-0.3, -0.25) is 4.79 Å². The number of para-hydroxylation sites is 1. The number of hydrogen-bond donors (Lipinski definition) is 0. The van der Waals surface area contributed by atoms with Crippen molar-refractivity contribution in [3.63, 3.8) is 0 Å². The van der Waals surface area contributed by atoms with Gasteiger partial charge in [-0.15, -0.1) is 0 Å². The van der Waals surface area contributed by atoms with Crippen molar-refractivity contribution >= 4 is 11.9 Å². The van der Waals surface area contributed by atoms with Crippen molar-refractivity contribution in [1.29, 1.82) is 0 Å². The van der Waals surface area contributed by atoms with Gasteiger partial charge in [0.2, 0.25) is 5.91 Å². The van der Waals surface area contributed by atoms with Crippen molar-refractivity contribution in [2.24, 2.45) is 0 Å². The molecule has 2 rings (SSSR count). The molecule has 1 aliphatic heterocycles. The molecule has 6 heteroatoms. The molecular formula is C18H25NO5. The number of likely N-dealkylation sites (tertiary alicyclic amines) is 1. The van der Waals surface area contributed by atoms with Crippen molar-refractivity contribution in [2.45, 2.75) is 38.3 Å². The van der Waals surface area contributed by atoms with Gasteiger partial charge in [0.05, 0.1) is 19.8 Å². The second kappa shape index (κ2) is 8.68. The Bertz CT molecular complexity index is 574. The van der Waals surface area contributed by atoms with Gasteiger partial charge in [0.1, 0.15) is 11.8 Å². The van der Waals surface area contributed by atoms with Crippen LogP contribution in [0.25, 0.3) is 0 Å². The molecule has 1 heterocycles. The molecule has 1 fully saturated rings. The van der Waals surface area contributed by atoms with Crippen molar-refractivity contribution in [1.82, 2.24) is 4.90 Å². The van der Waals surface area contributed by atoms with Gasteiger partial charge in [0, 0.05) is 26.5 Å². The average Bonchev–Trinajstić information content (AvgIpc) is 3.05. The summed E-state index contributed by atoms with van der Waals surface area (Å²) < 4.78 is 15.7. The lowest BCUT2D eigenvalue weighted by molar-refractivity contribution is -0.150. The van der Waals surface area contributed by atoms with Crippen LogP contribution in [0.1, 0.15) is 25.3 Å². The number of aryl methyl sites for hydroxylation is 1. The molecule has 0 unspecified atom stereocenters. The molecule has 0 radical (unpaired) electrons. The van der Waals surface area contributed by atoms with E-state index in [1.807, 2.05) is 31.2 Å². The number of nitrogens with zero attached hydrogens (tertiary/aromatic N) is 1. The van der Waals surface area contributed by atoms with Crippen LogP contribution in [0.15, 0.2) is 24.3 Å². The Kier molecular flexibility index (Phi) is 6.61. The zero-order valence-corrected chi connectivity index (χ0v) is 14.5. The molecule has 1 aromatic carbocycles. The van der Waals surface area contributed by atoms with E-state index in [9.17, 15) is 9.59 Å². The normalized spacial score (nSPS) is 20.0. The first-order valence-corrected chi connectivity index (χ1v) is 8.21. The molecule has 0 saturated carbocycles. The Morgan fingerprint density at radius 1 is 1.25 bits per heavy atom. The maximum atomic E-state index is 12.6. The Labute approximate surface area is 142 Å². The first kappa shape index (κ1) is 18.3. The van der Waals surface area contributed by atoms with Crippen LogP contribution in [-0.4, -0.2) is 56.3 Å². The molecule has 2 atom stereocenters. The number of benzene rings is 1. The molecule has 0 bridgehead atoms. The molecule has 0 N–H and O–H groups in total. The number of carbonyl (C=O) groups excluding carboxylic acids is 2. The third-order valence-electron chi connectivity index (χ3n) is 4.27.